The van der Waals surface area contributed by atoms with Crippen molar-refractivity contribution in [1.29, 1.82) is 0 Å². The molecule has 1 fully saturated rings. The number of carbonyl (C=O) groups is 2. The first-order valence-corrected chi connectivity index (χ1v) is 13.7. The lowest BCUT2D eigenvalue weighted by Gasteiger charge is -2.51. The molecule has 2 aromatic heterocycles. The zero-order valence-electron chi connectivity index (χ0n) is 20.4. The van der Waals surface area contributed by atoms with E-state index in [0.29, 0.717) is 5.56 Å². The first kappa shape index (κ1) is 25.6. The van der Waals surface area contributed by atoms with Gasteiger partial charge in [0.15, 0.2) is 17.3 Å². The molecule has 0 aliphatic carbocycles. The molecule has 3 aliphatic heterocycles. The number of aromatic nitrogens is 1. The molecule has 204 valence electrons. The van der Waals surface area contributed by atoms with Gasteiger partial charge in [-0.1, -0.05) is 6.07 Å². The molecule has 10 nitrogen and oxygen atoms in total. The minimum Gasteiger partial charge on any atom is -0.451 e. The van der Waals surface area contributed by atoms with E-state index in [4.69, 9.17) is 14.2 Å². The van der Waals surface area contributed by atoms with Crippen LogP contribution in [0.5, 0.6) is 5.75 Å². The van der Waals surface area contributed by atoms with E-state index in [2.05, 4.69) is 4.74 Å². The summed E-state index contributed by atoms with van der Waals surface area (Å²) in [4.78, 5) is 39.7. The van der Waals surface area contributed by atoms with E-state index in [0.717, 1.165) is 22.9 Å². The average Bonchev–Trinajstić information content (AvgIpc) is 3.35. The van der Waals surface area contributed by atoms with Crippen molar-refractivity contribution in [3.63, 3.8) is 0 Å². The first-order valence-electron chi connectivity index (χ1n) is 11.8. The van der Waals surface area contributed by atoms with Gasteiger partial charge in [-0.15, -0.1) is 23.1 Å². The fourth-order valence-electron chi connectivity index (χ4n) is 5.08. The highest BCUT2D eigenvalue weighted by Gasteiger charge is 2.46. The van der Waals surface area contributed by atoms with Gasteiger partial charge in [-0.25, -0.2) is 13.6 Å². The summed E-state index contributed by atoms with van der Waals surface area (Å²) in [6.45, 7) is -0.0267. The molecule has 0 saturated carbocycles. The van der Waals surface area contributed by atoms with Crippen molar-refractivity contribution in [2.75, 3.05) is 38.7 Å². The van der Waals surface area contributed by atoms with Crippen molar-refractivity contribution in [1.82, 2.24) is 9.58 Å². The highest BCUT2D eigenvalue weighted by molar-refractivity contribution is 8.00. The Morgan fingerprint density at radius 3 is 2.85 bits per heavy atom. The molecule has 0 unspecified atom stereocenters. The minimum atomic E-state index is -1.02. The van der Waals surface area contributed by atoms with E-state index in [1.165, 1.54) is 40.0 Å². The van der Waals surface area contributed by atoms with E-state index in [9.17, 15) is 18.8 Å². The number of amides is 1. The Kier molecular flexibility index (Phi) is 6.69. The monoisotopic (exact) mass is 577 g/mol. The van der Waals surface area contributed by atoms with Crippen LogP contribution in [0.15, 0.2) is 44.8 Å². The Labute approximate surface area is 228 Å². The van der Waals surface area contributed by atoms with Gasteiger partial charge in [0, 0.05) is 35.7 Å². The van der Waals surface area contributed by atoms with Crippen LogP contribution in [0, 0.1) is 11.6 Å². The van der Waals surface area contributed by atoms with Gasteiger partial charge < -0.3 is 23.8 Å². The summed E-state index contributed by atoms with van der Waals surface area (Å²) < 4.78 is 52.4. The van der Waals surface area contributed by atoms with E-state index in [1.54, 1.807) is 11.0 Å². The number of thiophene rings is 1. The lowest BCUT2D eigenvalue weighted by atomic mass is 9.94. The summed E-state index contributed by atoms with van der Waals surface area (Å²) in [5.41, 5.74) is 0.900. The molecule has 6 rings (SSSR count). The molecule has 1 amide bonds. The Morgan fingerprint density at radius 2 is 2.03 bits per heavy atom. The standard InChI is InChI=1S/C25H21F2N3O7S2/c1-34-25(33)37-12-36-22-17(31)4-6-29-21(22)23(32)28-7-8-35-10-18(28)30(29)20-13-2-3-16(26)19(27)15(13)11-39-24-14(20)5-9-38-24/h2-6,9,18,20H,7-8,10-12H2,1H3/t18-,20-/m1/s1. The lowest BCUT2D eigenvalue weighted by molar-refractivity contribution is -0.0209. The topological polar surface area (TPSA) is 99.5 Å². The van der Waals surface area contributed by atoms with E-state index in [-0.39, 0.29) is 42.5 Å². The number of benzene rings is 1. The number of nitrogens with zero attached hydrogens (tertiary/aromatic N) is 3. The number of methoxy groups -OCH3 is 1. The summed E-state index contributed by atoms with van der Waals surface area (Å²) in [6.07, 6.45) is -0.214. The van der Waals surface area contributed by atoms with Gasteiger partial charge in [0.25, 0.3) is 5.91 Å². The Hall–Kier alpha value is -3.62. The summed E-state index contributed by atoms with van der Waals surface area (Å²) in [6, 6.07) is 5.12. The molecular weight excluding hydrogens is 556 g/mol. The largest absolute Gasteiger partial charge is 0.510 e. The Morgan fingerprint density at radius 1 is 1.18 bits per heavy atom. The SMILES string of the molecule is COC(=O)OCOc1c2n(ccc1=O)N([C@H]1c3ccsc3SCc3c1ccc(F)c3F)[C@@H]1COCCN1C2=O. The van der Waals surface area contributed by atoms with Crippen LogP contribution < -0.4 is 15.2 Å². The molecule has 0 radical (unpaired) electrons. The average molecular weight is 578 g/mol. The van der Waals surface area contributed by atoms with E-state index < -0.39 is 48.1 Å². The second-order valence-corrected chi connectivity index (χ2v) is 10.9. The number of thioether (sulfide) groups is 1. The number of fused-ring (bicyclic) bond motifs is 4. The maximum Gasteiger partial charge on any atom is 0.510 e. The number of pyridine rings is 1. The normalized spacial score (nSPS) is 19.8. The molecule has 14 heteroatoms. The van der Waals surface area contributed by atoms with Crippen LogP contribution in [-0.4, -0.2) is 61.5 Å². The van der Waals surface area contributed by atoms with Crippen LogP contribution in [0.1, 0.15) is 33.2 Å². The van der Waals surface area contributed by atoms with Crippen LogP contribution in [0.2, 0.25) is 0 Å². The molecule has 0 N–H and O–H groups in total. The number of morpholine rings is 1. The summed E-state index contributed by atoms with van der Waals surface area (Å²) >= 11 is 2.90. The second-order valence-electron chi connectivity index (χ2n) is 8.78. The zero-order chi connectivity index (χ0) is 27.3. The van der Waals surface area contributed by atoms with Crippen molar-refractivity contribution in [2.45, 2.75) is 22.2 Å². The van der Waals surface area contributed by atoms with Gasteiger partial charge in [-0.3, -0.25) is 19.3 Å². The van der Waals surface area contributed by atoms with Crippen LogP contribution in [0.4, 0.5) is 13.6 Å². The summed E-state index contributed by atoms with van der Waals surface area (Å²) in [7, 11) is 1.12. The molecular formula is C25H21F2N3O7S2. The number of rotatable bonds is 4. The third-order valence-corrected chi connectivity index (χ3v) is 9.09. The number of ether oxygens (including phenoxy) is 4. The smallest absolute Gasteiger partial charge is 0.451 e. The predicted octanol–water partition coefficient (Wildman–Crippen LogP) is 3.45. The van der Waals surface area contributed by atoms with Crippen LogP contribution in [0.3, 0.4) is 0 Å². The van der Waals surface area contributed by atoms with Gasteiger partial charge in [0.05, 0.1) is 24.5 Å². The van der Waals surface area contributed by atoms with Crippen LogP contribution >= 0.6 is 23.1 Å². The van der Waals surface area contributed by atoms with Crippen molar-refractivity contribution in [3.05, 3.63) is 80.1 Å². The third kappa shape index (κ3) is 4.22. The van der Waals surface area contributed by atoms with Gasteiger partial charge in [0.1, 0.15) is 12.2 Å². The maximum absolute atomic E-state index is 15.2. The number of hydrogen-bond acceptors (Lipinski definition) is 10. The first-order chi connectivity index (χ1) is 18.9. The van der Waals surface area contributed by atoms with Crippen molar-refractivity contribution < 1.29 is 37.3 Å². The molecule has 3 aliphatic rings. The zero-order valence-corrected chi connectivity index (χ0v) is 22.1. The molecule has 39 heavy (non-hydrogen) atoms. The van der Waals surface area contributed by atoms with E-state index in [1.807, 2.05) is 16.5 Å². The van der Waals surface area contributed by atoms with Gasteiger partial charge in [0.2, 0.25) is 18.0 Å². The predicted molar refractivity (Wildman–Crippen MR) is 136 cm³/mol. The maximum atomic E-state index is 15.2. The molecule has 2 atom stereocenters. The molecule has 1 aromatic carbocycles. The number of hydrogen-bond donors (Lipinski definition) is 0. The lowest BCUT2D eigenvalue weighted by Crippen LogP contribution is -2.66. The molecule has 0 spiro atoms. The minimum absolute atomic E-state index is 0.0908. The highest BCUT2D eigenvalue weighted by Crippen LogP contribution is 2.47. The number of halogens is 2. The second kappa shape index (κ2) is 10.2. The van der Waals surface area contributed by atoms with Crippen molar-refractivity contribution in [2.24, 2.45) is 0 Å². The molecule has 0 bridgehead atoms. The number of carbonyl (C=O) groups excluding carboxylic acids is 2. The van der Waals surface area contributed by atoms with Gasteiger partial charge in [-0.2, -0.15) is 0 Å². The van der Waals surface area contributed by atoms with Gasteiger partial charge in [-0.05, 0) is 23.1 Å². The Bertz CT molecular complexity index is 1530. The molecule has 5 heterocycles. The van der Waals surface area contributed by atoms with E-state index >= 15 is 4.39 Å². The molecule has 1 saturated heterocycles. The fraction of sp³-hybridized carbons (Fsp3) is 0.320. The summed E-state index contributed by atoms with van der Waals surface area (Å²) in [5, 5.41) is 3.75. The van der Waals surface area contributed by atoms with Crippen molar-refractivity contribution >= 4 is 35.2 Å². The van der Waals surface area contributed by atoms with Gasteiger partial charge >= 0.3 is 6.16 Å². The quantitative estimate of drug-likeness (QED) is 0.341. The van der Waals surface area contributed by atoms with Crippen LogP contribution in [0.25, 0.3) is 0 Å². The molecule has 3 aromatic rings. The summed E-state index contributed by atoms with van der Waals surface area (Å²) in [5.74, 6) is -2.45. The van der Waals surface area contributed by atoms with Crippen LogP contribution in [-0.2, 0) is 20.0 Å². The van der Waals surface area contributed by atoms with Crippen molar-refractivity contribution in [3.8, 4) is 5.75 Å². The fourth-order valence-corrected chi connectivity index (χ4v) is 7.27. The third-order valence-electron chi connectivity index (χ3n) is 6.79. The highest BCUT2D eigenvalue weighted by atomic mass is 32.2. The Balaban J connectivity index is 1.56.